The molecule has 1 atom stereocenters. The zero-order valence-electron chi connectivity index (χ0n) is 12.8. The number of benzene rings is 1. The molecule has 5 heteroatoms. The quantitative estimate of drug-likeness (QED) is 0.842. The summed E-state index contributed by atoms with van der Waals surface area (Å²) >= 11 is 0. The minimum absolute atomic E-state index is 0.0375. The Labute approximate surface area is 129 Å². The normalized spacial score (nSPS) is 25.4. The first-order chi connectivity index (χ1) is 10.6. The molecule has 1 aromatic rings. The van der Waals surface area contributed by atoms with Gasteiger partial charge in [0.15, 0.2) is 0 Å². The van der Waals surface area contributed by atoms with E-state index in [1.165, 1.54) is 18.9 Å². The van der Waals surface area contributed by atoms with Gasteiger partial charge in [-0.1, -0.05) is 36.2 Å². The molecule has 2 aliphatic rings. The summed E-state index contributed by atoms with van der Waals surface area (Å²) in [5.74, 6) is -0.374. The third-order valence-electron chi connectivity index (χ3n) is 4.39. The van der Waals surface area contributed by atoms with E-state index in [0.717, 1.165) is 25.9 Å². The number of hydrogen-bond acceptors (Lipinski definition) is 3. The molecule has 1 fully saturated rings. The first kappa shape index (κ1) is 15.0. The van der Waals surface area contributed by atoms with Crippen LogP contribution in [0.15, 0.2) is 29.4 Å². The summed E-state index contributed by atoms with van der Waals surface area (Å²) in [6.45, 7) is 3.29. The lowest BCUT2D eigenvalue weighted by Crippen LogP contribution is -2.47. The maximum absolute atomic E-state index is 13.9. The second-order valence-electron chi connectivity index (χ2n) is 6.22. The minimum atomic E-state index is -1.01. The maximum Gasteiger partial charge on any atom is 0.269 e. The first-order valence-corrected chi connectivity index (χ1v) is 7.89. The number of carbonyl (C=O) groups excluding carboxylic acids is 1. The van der Waals surface area contributed by atoms with E-state index in [9.17, 15) is 9.18 Å². The van der Waals surface area contributed by atoms with Crippen molar-refractivity contribution in [1.82, 2.24) is 4.90 Å². The van der Waals surface area contributed by atoms with Gasteiger partial charge in [0.05, 0.1) is 5.71 Å². The number of nitrogens with zero attached hydrogens (tertiary/aromatic N) is 2. The van der Waals surface area contributed by atoms with E-state index < -0.39 is 5.60 Å². The maximum atomic E-state index is 13.9. The van der Waals surface area contributed by atoms with Crippen LogP contribution in [0.2, 0.25) is 0 Å². The molecule has 4 nitrogen and oxygen atoms in total. The smallest absolute Gasteiger partial charge is 0.269 e. The van der Waals surface area contributed by atoms with Crippen LogP contribution in [0.1, 0.15) is 44.6 Å². The Morgan fingerprint density at radius 1 is 1.23 bits per heavy atom. The largest absolute Gasteiger partial charge is 0.379 e. The van der Waals surface area contributed by atoms with Crippen LogP contribution < -0.4 is 0 Å². The van der Waals surface area contributed by atoms with E-state index in [1.54, 1.807) is 25.1 Å². The Bertz CT molecular complexity index is 594. The average molecular weight is 304 g/mol. The Morgan fingerprint density at radius 3 is 2.59 bits per heavy atom. The fourth-order valence-electron chi connectivity index (χ4n) is 3.10. The number of halogens is 1. The van der Waals surface area contributed by atoms with Gasteiger partial charge in [-0.3, -0.25) is 4.79 Å². The van der Waals surface area contributed by atoms with E-state index in [1.807, 2.05) is 4.90 Å². The Kier molecular flexibility index (Phi) is 4.14. The van der Waals surface area contributed by atoms with Crippen molar-refractivity contribution in [1.29, 1.82) is 0 Å². The van der Waals surface area contributed by atoms with Crippen LogP contribution in [0.5, 0.6) is 0 Å². The highest BCUT2D eigenvalue weighted by atomic mass is 19.1. The molecular weight excluding hydrogens is 283 g/mol. The molecule has 2 heterocycles. The van der Waals surface area contributed by atoms with Gasteiger partial charge in [0, 0.05) is 25.1 Å². The number of hydrogen-bond donors (Lipinski definition) is 0. The third-order valence-corrected chi connectivity index (χ3v) is 4.39. The molecule has 0 bridgehead atoms. The molecule has 1 amide bonds. The second kappa shape index (κ2) is 6.07. The van der Waals surface area contributed by atoms with Gasteiger partial charge >= 0.3 is 0 Å². The molecule has 0 radical (unpaired) electrons. The Hall–Kier alpha value is -1.91. The molecule has 1 aromatic carbocycles. The first-order valence-electron chi connectivity index (χ1n) is 7.89. The van der Waals surface area contributed by atoms with E-state index in [-0.39, 0.29) is 11.7 Å². The molecular formula is C17H21FN2O2. The fourth-order valence-corrected chi connectivity index (χ4v) is 3.10. The summed E-state index contributed by atoms with van der Waals surface area (Å²) < 4.78 is 13.9. The number of rotatable bonds is 2. The summed E-state index contributed by atoms with van der Waals surface area (Å²) in [7, 11) is 0. The van der Waals surface area contributed by atoms with Gasteiger partial charge in [0.1, 0.15) is 5.82 Å². The third kappa shape index (κ3) is 2.85. The number of amides is 1. The highest BCUT2D eigenvalue weighted by Gasteiger charge is 2.45. The number of oxime groups is 1. The zero-order chi connectivity index (χ0) is 15.6. The minimum Gasteiger partial charge on any atom is -0.379 e. The van der Waals surface area contributed by atoms with E-state index in [4.69, 9.17) is 4.84 Å². The molecule has 0 N–H and O–H groups in total. The predicted molar refractivity (Wildman–Crippen MR) is 82.1 cm³/mol. The highest BCUT2D eigenvalue weighted by Crippen LogP contribution is 2.30. The van der Waals surface area contributed by atoms with Crippen LogP contribution in [0, 0.1) is 5.82 Å². The SMILES string of the molecule is C[C@@]1(C(=O)N2CCCCCC2)CC(c2ccccc2F)=NO1. The standard InChI is InChI=1S/C17H21FN2O2/c1-17(16(21)20-10-6-2-3-7-11-20)12-15(19-22-17)13-8-4-5-9-14(13)18/h4-5,8-9H,2-3,6-7,10-12H2,1H3/t17-/m0/s1. The summed E-state index contributed by atoms with van der Waals surface area (Å²) in [6.07, 6.45) is 4.70. The van der Waals surface area contributed by atoms with Crippen LogP contribution in [0.3, 0.4) is 0 Å². The monoisotopic (exact) mass is 304 g/mol. The van der Waals surface area contributed by atoms with Crippen molar-refractivity contribution in [2.75, 3.05) is 13.1 Å². The fraction of sp³-hybridized carbons (Fsp3) is 0.529. The molecule has 0 saturated carbocycles. The summed E-state index contributed by atoms with van der Waals surface area (Å²) in [5, 5.41) is 3.99. The van der Waals surface area contributed by atoms with Crippen molar-refractivity contribution in [2.24, 2.45) is 5.16 Å². The molecule has 0 aliphatic carbocycles. The molecule has 0 unspecified atom stereocenters. The van der Waals surface area contributed by atoms with Crippen molar-refractivity contribution >= 4 is 11.6 Å². The van der Waals surface area contributed by atoms with Crippen molar-refractivity contribution < 1.29 is 14.0 Å². The summed E-state index contributed by atoms with van der Waals surface area (Å²) in [4.78, 5) is 20.1. The number of carbonyl (C=O) groups is 1. The zero-order valence-corrected chi connectivity index (χ0v) is 12.8. The molecule has 22 heavy (non-hydrogen) atoms. The van der Waals surface area contributed by atoms with Crippen LogP contribution in [0.4, 0.5) is 4.39 Å². The lowest BCUT2D eigenvalue weighted by molar-refractivity contribution is -0.153. The second-order valence-corrected chi connectivity index (χ2v) is 6.22. The van der Waals surface area contributed by atoms with E-state index >= 15 is 0 Å². The molecule has 2 aliphatic heterocycles. The van der Waals surface area contributed by atoms with Gasteiger partial charge in [0.2, 0.25) is 5.60 Å². The van der Waals surface area contributed by atoms with Crippen LogP contribution in [-0.2, 0) is 9.63 Å². The van der Waals surface area contributed by atoms with Gasteiger partial charge < -0.3 is 9.74 Å². The van der Waals surface area contributed by atoms with E-state index in [0.29, 0.717) is 17.7 Å². The molecule has 1 saturated heterocycles. The number of likely N-dealkylation sites (tertiary alicyclic amines) is 1. The average Bonchev–Trinajstić information content (AvgIpc) is 2.75. The molecule has 0 spiro atoms. The van der Waals surface area contributed by atoms with Gasteiger partial charge in [-0.05, 0) is 25.8 Å². The van der Waals surface area contributed by atoms with Crippen molar-refractivity contribution in [3.8, 4) is 0 Å². The van der Waals surface area contributed by atoms with Gasteiger partial charge in [0.25, 0.3) is 5.91 Å². The van der Waals surface area contributed by atoms with Crippen LogP contribution >= 0.6 is 0 Å². The highest BCUT2D eigenvalue weighted by molar-refractivity contribution is 6.05. The summed E-state index contributed by atoms with van der Waals surface area (Å²) in [5.41, 5.74) is -0.0965. The van der Waals surface area contributed by atoms with Crippen molar-refractivity contribution in [3.63, 3.8) is 0 Å². The molecule has 3 rings (SSSR count). The lowest BCUT2D eigenvalue weighted by Gasteiger charge is -2.29. The Balaban J connectivity index is 1.74. The predicted octanol–water partition coefficient (Wildman–Crippen LogP) is 3.11. The van der Waals surface area contributed by atoms with Gasteiger partial charge in [-0.15, -0.1) is 0 Å². The van der Waals surface area contributed by atoms with E-state index in [2.05, 4.69) is 5.16 Å². The van der Waals surface area contributed by atoms with Crippen molar-refractivity contribution in [2.45, 2.75) is 44.6 Å². The molecule has 0 aromatic heterocycles. The van der Waals surface area contributed by atoms with Gasteiger partial charge in [-0.25, -0.2) is 4.39 Å². The molecule has 118 valence electrons. The Morgan fingerprint density at radius 2 is 1.91 bits per heavy atom. The van der Waals surface area contributed by atoms with Crippen LogP contribution in [0.25, 0.3) is 0 Å². The van der Waals surface area contributed by atoms with Gasteiger partial charge in [-0.2, -0.15) is 0 Å². The summed E-state index contributed by atoms with van der Waals surface area (Å²) in [6, 6.07) is 6.45. The lowest BCUT2D eigenvalue weighted by atomic mass is 9.94. The topological polar surface area (TPSA) is 41.9 Å². The van der Waals surface area contributed by atoms with Crippen molar-refractivity contribution in [3.05, 3.63) is 35.6 Å². The van der Waals surface area contributed by atoms with Crippen LogP contribution in [-0.4, -0.2) is 35.2 Å².